The maximum absolute atomic E-state index is 5.06. The first kappa shape index (κ1) is 14.6. The molecule has 1 aromatic rings. The summed E-state index contributed by atoms with van der Waals surface area (Å²) < 4.78 is 5.06. The average molecular weight is 264 g/mol. The molecule has 0 spiro atoms. The SMILES string of the molecule is CC(C)C1CCCN(CCNCc2ccoc2)CC1. The van der Waals surface area contributed by atoms with E-state index < -0.39 is 0 Å². The van der Waals surface area contributed by atoms with Crippen LogP contribution in [0.1, 0.15) is 38.7 Å². The van der Waals surface area contributed by atoms with Crippen molar-refractivity contribution >= 4 is 0 Å². The smallest absolute Gasteiger partial charge is 0.0947 e. The van der Waals surface area contributed by atoms with Gasteiger partial charge in [-0.05, 0) is 50.3 Å². The van der Waals surface area contributed by atoms with Crippen molar-refractivity contribution in [2.45, 2.75) is 39.7 Å². The Morgan fingerprint density at radius 2 is 2.26 bits per heavy atom. The maximum atomic E-state index is 5.06. The van der Waals surface area contributed by atoms with Gasteiger partial charge >= 0.3 is 0 Å². The van der Waals surface area contributed by atoms with Gasteiger partial charge in [0.15, 0.2) is 0 Å². The van der Waals surface area contributed by atoms with Crippen LogP contribution in [-0.2, 0) is 6.54 Å². The van der Waals surface area contributed by atoms with Gasteiger partial charge in [-0.25, -0.2) is 0 Å². The quantitative estimate of drug-likeness (QED) is 0.800. The number of hydrogen-bond acceptors (Lipinski definition) is 3. The summed E-state index contributed by atoms with van der Waals surface area (Å²) in [6.07, 6.45) is 7.70. The summed E-state index contributed by atoms with van der Waals surface area (Å²) in [5, 5.41) is 3.49. The van der Waals surface area contributed by atoms with Crippen molar-refractivity contribution in [1.29, 1.82) is 0 Å². The van der Waals surface area contributed by atoms with E-state index in [1.165, 1.54) is 44.5 Å². The fourth-order valence-corrected chi connectivity index (χ4v) is 2.94. The fraction of sp³-hybridized carbons (Fsp3) is 0.750. The molecule has 108 valence electrons. The minimum absolute atomic E-state index is 0.846. The Morgan fingerprint density at radius 3 is 3.00 bits per heavy atom. The topological polar surface area (TPSA) is 28.4 Å². The van der Waals surface area contributed by atoms with E-state index in [0.717, 1.165) is 24.9 Å². The highest BCUT2D eigenvalue weighted by Crippen LogP contribution is 2.24. The minimum Gasteiger partial charge on any atom is -0.472 e. The van der Waals surface area contributed by atoms with Crippen LogP contribution in [0.5, 0.6) is 0 Å². The summed E-state index contributed by atoms with van der Waals surface area (Å²) in [6, 6.07) is 2.02. The van der Waals surface area contributed by atoms with E-state index >= 15 is 0 Å². The predicted octanol–water partition coefficient (Wildman–Crippen LogP) is 3.13. The molecule has 2 rings (SSSR count). The first-order chi connectivity index (χ1) is 9.25. The molecule has 3 nitrogen and oxygen atoms in total. The summed E-state index contributed by atoms with van der Waals surface area (Å²) in [5.41, 5.74) is 1.23. The minimum atomic E-state index is 0.846. The van der Waals surface area contributed by atoms with E-state index in [2.05, 4.69) is 24.1 Å². The average Bonchev–Trinajstić information content (AvgIpc) is 2.79. The van der Waals surface area contributed by atoms with Crippen molar-refractivity contribution < 1.29 is 4.42 Å². The van der Waals surface area contributed by atoms with E-state index in [0.29, 0.717) is 0 Å². The molecule has 1 atom stereocenters. The molecule has 1 aromatic heterocycles. The van der Waals surface area contributed by atoms with Crippen LogP contribution in [0, 0.1) is 11.8 Å². The Labute approximate surface area is 117 Å². The van der Waals surface area contributed by atoms with Crippen LogP contribution in [0.2, 0.25) is 0 Å². The molecule has 1 aliphatic heterocycles. The highest BCUT2D eigenvalue weighted by Gasteiger charge is 2.18. The van der Waals surface area contributed by atoms with Crippen LogP contribution in [0.25, 0.3) is 0 Å². The van der Waals surface area contributed by atoms with Crippen LogP contribution >= 0.6 is 0 Å². The summed E-state index contributed by atoms with van der Waals surface area (Å²) >= 11 is 0. The Hall–Kier alpha value is -0.800. The van der Waals surface area contributed by atoms with E-state index in [4.69, 9.17) is 4.42 Å². The van der Waals surface area contributed by atoms with Gasteiger partial charge < -0.3 is 14.6 Å². The molecule has 1 unspecified atom stereocenters. The third-order valence-electron chi connectivity index (χ3n) is 4.32. The fourth-order valence-electron chi connectivity index (χ4n) is 2.94. The number of nitrogens with zero attached hydrogens (tertiary/aromatic N) is 1. The third-order valence-corrected chi connectivity index (χ3v) is 4.32. The van der Waals surface area contributed by atoms with E-state index in [-0.39, 0.29) is 0 Å². The molecule has 0 aromatic carbocycles. The van der Waals surface area contributed by atoms with Gasteiger partial charge in [0.1, 0.15) is 0 Å². The number of nitrogens with one attached hydrogen (secondary N) is 1. The monoisotopic (exact) mass is 264 g/mol. The van der Waals surface area contributed by atoms with Crippen molar-refractivity contribution in [2.75, 3.05) is 26.2 Å². The zero-order valence-corrected chi connectivity index (χ0v) is 12.4. The van der Waals surface area contributed by atoms with Gasteiger partial charge in [-0.3, -0.25) is 0 Å². The second-order valence-corrected chi connectivity index (χ2v) is 6.09. The lowest BCUT2D eigenvalue weighted by Gasteiger charge is -2.21. The molecule has 1 fully saturated rings. The molecule has 0 aliphatic carbocycles. The molecular formula is C16H28N2O. The first-order valence-corrected chi connectivity index (χ1v) is 7.70. The number of hydrogen-bond donors (Lipinski definition) is 1. The second kappa shape index (κ2) is 7.71. The molecular weight excluding hydrogens is 236 g/mol. The molecule has 1 aliphatic rings. The van der Waals surface area contributed by atoms with Crippen molar-refractivity contribution in [1.82, 2.24) is 10.2 Å². The molecule has 2 heterocycles. The van der Waals surface area contributed by atoms with Gasteiger partial charge in [-0.2, -0.15) is 0 Å². The van der Waals surface area contributed by atoms with Gasteiger partial charge in [-0.15, -0.1) is 0 Å². The molecule has 1 N–H and O–H groups in total. The Bertz CT molecular complexity index is 335. The second-order valence-electron chi connectivity index (χ2n) is 6.09. The molecule has 1 saturated heterocycles. The maximum Gasteiger partial charge on any atom is 0.0947 e. The summed E-state index contributed by atoms with van der Waals surface area (Å²) in [4.78, 5) is 2.62. The van der Waals surface area contributed by atoms with Crippen molar-refractivity contribution in [3.8, 4) is 0 Å². The zero-order chi connectivity index (χ0) is 13.5. The van der Waals surface area contributed by atoms with Crippen molar-refractivity contribution in [2.24, 2.45) is 11.8 Å². The summed E-state index contributed by atoms with van der Waals surface area (Å²) in [7, 11) is 0. The van der Waals surface area contributed by atoms with Gasteiger partial charge in [0.2, 0.25) is 0 Å². The van der Waals surface area contributed by atoms with Crippen LogP contribution < -0.4 is 5.32 Å². The zero-order valence-electron chi connectivity index (χ0n) is 12.4. The number of furan rings is 1. The molecule has 0 amide bonds. The van der Waals surface area contributed by atoms with Gasteiger partial charge in [0.25, 0.3) is 0 Å². The lowest BCUT2D eigenvalue weighted by Crippen LogP contribution is -2.32. The van der Waals surface area contributed by atoms with Gasteiger partial charge in [0.05, 0.1) is 12.5 Å². The molecule has 3 heteroatoms. The van der Waals surface area contributed by atoms with E-state index in [9.17, 15) is 0 Å². The molecule has 0 bridgehead atoms. The highest BCUT2D eigenvalue weighted by molar-refractivity contribution is 5.04. The number of likely N-dealkylation sites (tertiary alicyclic amines) is 1. The Balaban J connectivity index is 1.61. The highest BCUT2D eigenvalue weighted by atomic mass is 16.3. The first-order valence-electron chi connectivity index (χ1n) is 7.70. The lowest BCUT2D eigenvalue weighted by atomic mass is 9.89. The largest absolute Gasteiger partial charge is 0.472 e. The molecule has 19 heavy (non-hydrogen) atoms. The Kier molecular flexibility index (Phi) is 5.93. The lowest BCUT2D eigenvalue weighted by molar-refractivity contribution is 0.271. The standard InChI is InChI=1S/C16H28N2O/c1-14(2)16-4-3-8-18(9-5-16)10-7-17-12-15-6-11-19-13-15/h6,11,13-14,16-17H,3-5,7-10,12H2,1-2H3. The summed E-state index contributed by atoms with van der Waals surface area (Å²) in [5.74, 6) is 1.78. The van der Waals surface area contributed by atoms with E-state index in [1.807, 2.05) is 12.3 Å². The third kappa shape index (κ3) is 5.00. The Morgan fingerprint density at radius 1 is 1.37 bits per heavy atom. The molecule has 0 radical (unpaired) electrons. The normalized spacial score (nSPS) is 21.7. The van der Waals surface area contributed by atoms with Crippen LogP contribution in [0.15, 0.2) is 23.0 Å². The van der Waals surface area contributed by atoms with Gasteiger partial charge in [0, 0.05) is 25.2 Å². The van der Waals surface area contributed by atoms with Crippen LogP contribution in [-0.4, -0.2) is 31.1 Å². The summed E-state index contributed by atoms with van der Waals surface area (Å²) in [6.45, 7) is 10.4. The van der Waals surface area contributed by atoms with Crippen molar-refractivity contribution in [3.05, 3.63) is 24.2 Å². The van der Waals surface area contributed by atoms with Gasteiger partial charge in [-0.1, -0.05) is 13.8 Å². The van der Waals surface area contributed by atoms with E-state index in [1.54, 1.807) is 6.26 Å². The molecule has 0 saturated carbocycles. The van der Waals surface area contributed by atoms with Crippen LogP contribution in [0.3, 0.4) is 0 Å². The predicted molar refractivity (Wildman–Crippen MR) is 79.0 cm³/mol. The number of rotatable bonds is 6. The van der Waals surface area contributed by atoms with Crippen molar-refractivity contribution in [3.63, 3.8) is 0 Å². The van der Waals surface area contributed by atoms with Crippen LogP contribution in [0.4, 0.5) is 0 Å².